The molecular formula is C12H19N3O3S. The summed E-state index contributed by atoms with van der Waals surface area (Å²) in [6, 6.07) is -0.687. The Morgan fingerprint density at radius 3 is 2.79 bits per heavy atom. The molecule has 0 saturated heterocycles. The number of carbonyl (C=O) groups is 2. The third kappa shape index (κ3) is 6.19. The van der Waals surface area contributed by atoms with Crippen LogP contribution in [0.15, 0.2) is 6.20 Å². The van der Waals surface area contributed by atoms with E-state index in [9.17, 15) is 9.59 Å². The molecule has 1 aromatic heterocycles. The number of nitrogens with zero attached hydrogens (tertiary/aromatic N) is 1. The van der Waals surface area contributed by atoms with Gasteiger partial charge in [0.1, 0.15) is 5.01 Å². The smallest absolute Gasteiger partial charge is 0.315 e. The van der Waals surface area contributed by atoms with Crippen LogP contribution in [0.5, 0.6) is 0 Å². The Labute approximate surface area is 116 Å². The SMILES string of the molecule is CCCC(CC(=O)O)NC(=O)NCc1ncc(C)s1. The lowest BCUT2D eigenvalue weighted by molar-refractivity contribution is -0.137. The number of carboxylic acid groups (broad SMARTS) is 1. The molecule has 0 spiro atoms. The lowest BCUT2D eigenvalue weighted by atomic mass is 10.1. The zero-order valence-electron chi connectivity index (χ0n) is 11.1. The maximum Gasteiger partial charge on any atom is 0.315 e. The summed E-state index contributed by atoms with van der Waals surface area (Å²) >= 11 is 1.52. The monoisotopic (exact) mass is 285 g/mol. The predicted molar refractivity (Wildman–Crippen MR) is 73.2 cm³/mol. The van der Waals surface area contributed by atoms with E-state index >= 15 is 0 Å². The highest BCUT2D eigenvalue weighted by Gasteiger charge is 2.15. The van der Waals surface area contributed by atoms with Crippen molar-refractivity contribution in [2.45, 2.75) is 45.7 Å². The van der Waals surface area contributed by atoms with Crippen molar-refractivity contribution in [3.8, 4) is 0 Å². The Balaban J connectivity index is 2.37. The van der Waals surface area contributed by atoms with E-state index in [1.807, 2.05) is 13.8 Å². The molecule has 0 aromatic carbocycles. The van der Waals surface area contributed by atoms with Crippen LogP contribution in [0, 0.1) is 6.92 Å². The molecule has 1 atom stereocenters. The molecule has 0 aliphatic heterocycles. The molecule has 0 aliphatic rings. The Bertz CT molecular complexity index is 434. The van der Waals surface area contributed by atoms with Gasteiger partial charge >= 0.3 is 12.0 Å². The fraction of sp³-hybridized carbons (Fsp3) is 0.583. The summed E-state index contributed by atoms with van der Waals surface area (Å²) in [6.45, 7) is 4.26. The number of hydrogen-bond acceptors (Lipinski definition) is 4. The van der Waals surface area contributed by atoms with E-state index in [-0.39, 0.29) is 18.5 Å². The van der Waals surface area contributed by atoms with Crippen molar-refractivity contribution < 1.29 is 14.7 Å². The standard InChI is InChI=1S/C12H19N3O3S/c1-3-4-9(5-11(16)17)15-12(18)14-7-10-13-6-8(2)19-10/h6,9H,3-5,7H2,1-2H3,(H,16,17)(H2,14,15,18). The second-order valence-corrected chi connectivity index (χ2v) is 5.59. The zero-order valence-corrected chi connectivity index (χ0v) is 11.9. The van der Waals surface area contributed by atoms with Gasteiger partial charge in [-0.1, -0.05) is 13.3 Å². The minimum absolute atomic E-state index is 0.0579. The number of aliphatic carboxylic acids is 1. The number of aromatic nitrogens is 1. The van der Waals surface area contributed by atoms with E-state index in [1.165, 1.54) is 11.3 Å². The first kappa shape index (κ1) is 15.4. The van der Waals surface area contributed by atoms with Gasteiger partial charge in [-0.05, 0) is 13.3 Å². The molecule has 7 heteroatoms. The van der Waals surface area contributed by atoms with Crippen LogP contribution in [-0.4, -0.2) is 28.1 Å². The third-order valence-corrected chi connectivity index (χ3v) is 3.38. The third-order valence-electron chi connectivity index (χ3n) is 2.46. The van der Waals surface area contributed by atoms with E-state index < -0.39 is 5.97 Å². The molecule has 0 saturated carbocycles. The number of carboxylic acids is 1. The highest BCUT2D eigenvalue weighted by molar-refractivity contribution is 7.11. The summed E-state index contributed by atoms with van der Waals surface area (Å²) in [7, 11) is 0. The summed E-state index contributed by atoms with van der Waals surface area (Å²) in [5.74, 6) is -0.908. The second kappa shape index (κ2) is 7.73. The molecule has 0 bridgehead atoms. The van der Waals surface area contributed by atoms with Gasteiger partial charge in [0.05, 0.1) is 13.0 Å². The largest absolute Gasteiger partial charge is 0.481 e. The number of amides is 2. The molecule has 1 rings (SSSR count). The van der Waals surface area contributed by atoms with Gasteiger partial charge in [0.15, 0.2) is 0 Å². The number of thiazole rings is 1. The van der Waals surface area contributed by atoms with Crippen molar-refractivity contribution in [2.75, 3.05) is 0 Å². The van der Waals surface area contributed by atoms with Crippen LogP contribution in [0.2, 0.25) is 0 Å². The number of hydrogen-bond donors (Lipinski definition) is 3. The maximum atomic E-state index is 11.7. The predicted octanol–water partition coefficient (Wildman–Crippen LogP) is 1.89. The van der Waals surface area contributed by atoms with Crippen molar-refractivity contribution in [1.29, 1.82) is 0 Å². The first-order valence-electron chi connectivity index (χ1n) is 6.18. The highest BCUT2D eigenvalue weighted by Crippen LogP contribution is 2.10. The lowest BCUT2D eigenvalue weighted by Gasteiger charge is -2.16. The number of rotatable bonds is 7. The van der Waals surface area contributed by atoms with E-state index in [0.717, 1.165) is 16.3 Å². The Morgan fingerprint density at radius 2 is 2.26 bits per heavy atom. The Kier molecular flexibility index (Phi) is 6.27. The quantitative estimate of drug-likeness (QED) is 0.713. The van der Waals surface area contributed by atoms with Gasteiger partial charge in [0, 0.05) is 17.1 Å². The van der Waals surface area contributed by atoms with Gasteiger partial charge in [0.2, 0.25) is 0 Å². The van der Waals surface area contributed by atoms with Crippen molar-refractivity contribution in [3.63, 3.8) is 0 Å². The Morgan fingerprint density at radius 1 is 1.53 bits per heavy atom. The van der Waals surface area contributed by atoms with Gasteiger partial charge in [-0.3, -0.25) is 4.79 Å². The average Bonchev–Trinajstić information content (AvgIpc) is 2.72. The molecular weight excluding hydrogens is 266 g/mol. The number of urea groups is 1. The van der Waals surface area contributed by atoms with Crippen molar-refractivity contribution >= 4 is 23.3 Å². The molecule has 6 nitrogen and oxygen atoms in total. The van der Waals surface area contributed by atoms with E-state index in [4.69, 9.17) is 5.11 Å². The fourth-order valence-corrected chi connectivity index (χ4v) is 2.39. The summed E-state index contributed by atoms with van der Waals surface area (Å²) < 4.78 is 0. The van der Waals surface area contributed by atoms with Gasteiger partial charge in [-0.15, -0.1) is 11.3 Å². The molecule has 1 aromatic rings. The summed E-state index contributed by atoms with van der Waals surface area (Å²) in [4.78, 5) is 27.5. The number of nitrogens with one attached hydrogen (secondary N) is 2. The van der Waals surface area contributed by atoms with Crippen LogP contribution in [0.3, 0.4) is 0 Å². The molecule has 2 amide bonds. The number of carbonyl (C=O) groups excluding carboxylic acids is 1. The van der Waals surface area contributed by atoms with Crippen LogP contribution >= 0.6 is 11.3 Å². The van der Waals surface area contributed by atoms with Gasteiger partial charge in [-0.2, -0.15) is 0 Å². The van der Waals surface area contributed by atoms with Crippen LogP contribution in [-0.2, 0) is 11.3 Å². The normalized spacial score (nSPS) is 11.9. The van der Waals surface area contributed by atoms with Crippen LogP contribution in [0.25, 0.3) is 0 Å². The maximum absolute atomic E-state index is 11.7. The van der Waals surface area contributed by atoms with Crippen LogP contribution < -0.4 is 10.6 Å². The highest BCUT2D eigenvalue weighted by atomic mass is 32.1. The van der Waals surface area contributed by atoms with Gasteiger partial charge in [0.25, 0.3) is 0 Å². The van der Waals surface area contributed by atoms with Crippen LogP contribution in [0.1, 0.15) is 36.1 Å². The van der Waals surface area contributed by atoms with Crippen LogP contribution in [0.4, 0.5) is 4.79 Å². The lowest BCUT2D eigenvalue weighted by Crippen LogP contribution is -2.42. The fourth-order valence-electron chi connectivity index (χ4n) is 1.66. The summed E-state index contributed by atoms with van der Waals surface area (Å²) in [6.07, 6.45) is 3.17. The molecule has 3 N–H and O–H groups in total. The minimum atomic E-state index is -0.908. The summed E-state index contributed by atoms with van der Waals surface area (Å²) in [5.41, 5.74) is 0. The topological polar surface area (TPSA) is 91.3 Å². The minimum Gasteiger partial charge on any atom is -0.481 e. The summed E-state index contributed by atoms with van der Waals surface area (Å²) in [5, 5.41) is 14.9. The van der Waals surface area contributed by atoms with Crippen molar-refractivity contribution in [1.82, 2.24) is 15.6 Å². The molecule has 106 valence electrons. The van der Waals surface area contributed by atoms with Crippen molar-refractivity contribution in [3.05, 3.63) is 16.1 Å². The molecule has 1 unspecified atom stereocenters. The first-order chi connectivity index (χ1) is 9.01. The molecule has 0 aliphatic carbocycles. The molecule has 0 fully saturated rings. The zero-order chi connectivity index (χ0) is 14.3. The van der Waals surface area contributed by atoms with E-state index in [0.29, 0.717) is 13.0 Å². The molecule has 1 heterocycles. The van der Waals surface area contributed by atoms with E-state index in [1.54, 1.807) is 6.20 Å². The average molecular weight is 285 g/mol. The van der Waals surface area contributed by atoms with Crippen molar-refractivity contribution in [2.24, 2.45) is 0 Å². The van der Waals surface area contributed by atoms with Gasteiger partial charge in [-0.25, -0.2) is 9.78 Å². The molecule has 19 heavy (non-hydrogen) atoms. The molecule has 0 radical (unpaired) electrons. The Hall–Kier alpha value is -1.63. The number of aryl methyl sites for hydroxylation is 1. The first-order valence-corrected chi connectivity index (χ1v) is 7.00. The van der Waals surface area contributed by atoms with Gasteiger partial charge < -0.3 is 15.7 Å². The second-order valence-electron chi connectivity index (χ2n) is 4.28. The van der Waals surface area contributed by atoms with E-state index in [2.05, 4.69) is 15.6 Å².